The lowest BCUT2D eigenvalue weighted by atomic mass is 9.60. The van der Waals surface area contributed by atoms with Gasteiger partial charge in [-0.1, -0.05) is 87.4 Å². The van der Waals surface area contributed by atoms with Gasteiger partial charge in [0.15, 0.2) is 0 Å². The summed E-state index contributed by atoms with van der Waals surface area (Å²) in [5, 5.41) is 0. The van der Waals surface area contributed by atoms with Crippen LogP contribution in [0.4, 0.5) is 0 Å². The minimum atomic E-state index is 0.205. The molecule has 0 heteroatoms. The Kier molecular flexibility index (Phi) is 5.61. The van der Waals surface area contributed by atoms with Gasteiger partial charge >= 0.3 is 0 Å². The molecule has 5 unspecified atom stereocenters. The van der Waals surface area contributed by atoms with Crippen LogP contribution < -0.4 is 0 Å². The number of benzene rings is 1. The van der Waals surface area contributed by atoms with E-state index in [0.717, 1.165) is 29.6 Å². The third kappa shape index (κ3) is 4.52. The summed E-state index contributed by atoms with van der Waals surface area (Å²) in [5.74, 6) is 4.34. The predicted molar refractivity (Wildman–Crippen MR) is 124 cm³/mol. The highest BCUT2D eigenvalue weighted by molar-refractivity contribution is 5.39. The molecule has 1 aromatic rings. The van der Waals surface area contributed by atoms with E-state index in [2.05, 4.69) is 87.4 Å². The lowest BCUT2D eigenvalue weighted by molar-refractivity contribution is 0.0944. The van der Waals surface area contributed by atoms with E-state index in [1.165, 1.54) is 36.8 Å². The fraction of sp³-hybridized carbons (Fsp3) is 0.786. The van der Waals surface area contributed by atoms with Crippen molar-refractivity contribution < 1.29 is 0 Å². The SMILES string of the molecule is CC1CC2CC(C(C)(C)C)CC(c3cc(C(C)(C)C)cc(C(C)(C)C)c3)C2C1. The Balaban J connectivity index is 2.08. The molecular weight excluding hydrogens is 336 g/mol. The van der Waals surface area contributed by atoms with Crippen LogP contribution in [-0.4, -0.2) is 0 Å². The molecule has 2 aliphatic carbocycles. The molecule has 0 saturated heterocycles. The van der Waals surface area contributed by atoms with Gasteiger partial charge in [0, 0.05) is 0 Å². The van der Waals surface area contributed by atoms with Crippen molar-refractivity contribution in [1.82, 2.24) is 0 Å². The highest BCUT2D eigenvalue weighted by atomic mass is 14.5. The van der Waals surface area contributed by atoms with Crippen LogP contribution in [0.5, 0.6) is 0 Å². The Morgan fingerprint density at radius 1 is 0.679 bits per heavy atom. The smallest absolute Gasteiger partial charge is 0.0128 e. The van der Waals surface area contributed by atoms with E-state index in [0.29, 0.717) is 5.41 Å². The van der Waals surface area contributed by atoms with Crippen molar-refractivity contribution in [3.8, 4) is 0 Å². The van der Waals surface area contributed by atoms with Crippen molar-refractivity contribution in [2.24, 2.45) is 29.1 Å². The highest BCUT2D eigenvalue weighted by Crippen LogP contribution is 2.56. The van der Waals surface area contributed by atoms with Gasteiger partial charge in [0.1, 0.15) is 0 Å². The van der Waals surface area contributed by atoms with Crippen LogP contribution in [0.15, 0.2) is 18.2 Å². The lowest BCUT2D eigenvalue weighted by Crippen LogP contribution is -2.34. The zero-order valence-electron chi connectivity index (χ0n) is 20.4. The maximum atomic E-state index is 2.59. The van der Waals surface area contributed by atoms with E-state index >= 15 is 0 Å². The van der Waals surface area contributed by atoms with Crippen LogP contribution in [0.2, 0.25) is 0 Å². The topological polar surface area (TPSA) is 0 Å². The number of fused-ring (bicyclic) bond motifs is 1. The minimum Gasteiger partial charge on any atom is -0.0625 e. The molecule has 5 atom stereocenters. The van der Waals surface area contributed by atoms with Crippen LogP contribution in [0.3, 0.4) is 0 Å². The van der Waals surface area contributed by atoms with E-state index in [-0.39, 0.29) is 10.8 Å². The molecule has 0 N–H and O–H groups in total. The molecule has 2 aliphatic rings. The molecule has 158 valence electrons. The van der Waals surface area contributed by atoms with Crippen molar-refractivity contribution in [3.05, 3.63) is 34.9 Å². The van der Waals surface area contributed by atoms with Gasteiger partial charge in [-0.3, -0.25) is 0 Å². The second-order valence-electron chi connectivity index (χ2n) is 13.5. The summed E-state index contributed by atoms with van der Waals surface area (Å²) in [6.07, 6.45) is 5.74. The van der Waals surface area contributed by atoms with Gasteiger partial charge < -0.3 is 0 Å². The zero-order chi connectivity index (χ0) is 21.1. The predicted octanol–water partition coefficient (Wildman–Crippen LogP) is 8.48. The summed E-state index contributed by atoms with van der Waals surface area (Å²) >= 11 is 0. The maximum absolute atomic E-state index is 2.59. The van der Waals surface area contributed by atoms with Gasteiger partial charge in [0.05, 0.1) is 0 Å². The molecule has 0 radical (unpaired) electrons. The van der Waals surface area contributed by atoms with Crippen molar-refractivity contribution in [2.45, 2.75) is 112 Å². The second-order valence-corrected chi connectivity index (χ2v) is 13.5. The molecule has 0 aliphatic heterocycles. The summed E-state index contributed by atoms with van der Waals surface area (Å²) in [5.41, 5.74) is 5.53. The second kappa shape index (κ2) is 7.17. The molecule has 1 aromatic carbocycles. The van der Waals surface area contributed by atoms with Crippen LogP contribution in [0.25, 0.3) is 0 Å². The third-order valence-electron chi connectivity index (χ3n) is 7.97. The van der Waals surface area contributed by atoms with Crippen LogP contribution in [0.1, 0.15) is 118 Å². The molecule has 0 spiro atoms. The Bertz CT molecular complexity index is 656. The fourth-order valence-electron chi connectivity index (χ4n) is 5.97. The first-order chi connectivity index (χ1) is 12.7. The highest BCUT2D eigenvalue weighted by Gasteiger charge is 2.46. The molecule has 2 fully saturated rings. The van der Waals surface area contributed by atoms with E-state index in [9.17, 15) is 0 Å². The molecule has 0 bridgehead atoms. The van der Waals surface area contributed by atoms with Gasteiger partial charge in [-0.05, 0) is 88.2 Å². The summed E-state index contributed by atoms with van der Waals surface area (Å²) in [4.78, 5) is 0. The number of hydrogen-bond donors (Lipinski definition) is 0. The lowest BCUT2D eigenvalue weighted by Gasteiger charge is -2.45. The first kappa shape index (κ1) is 21.9. The average Bonchev–Trinajstić information content (AvgIpc) is 2.91. The first-order valence-electron chi connectivity index (χ1n) is 11.8. The quantitative estimate of drug-likeness (QED) is 0.457. The Morgan fingerprint density at radius 2 is 1.21 bits per heavy atom. The van der Waals surface area contributed by atoms with Gasteiger partial charge in [0.2, 0.25) is 0 Å². The normalized spacial score (nSPS) is 31.7. The van der Waals surface area contributed by atoms with E-state index < -0.39 is 0 Å². The van der Waals surface area contributed by atoms with Crippen LogP contribution in [0, 0.1) is 29.1 Å². The van der Waals surface area contributed by atoms with Crippen LogP contribution >= 0.6 is 0 Å². The molecule has 28 heavy (non-hydrogen) atoms. The van der Waals surface area contributed by atoms with Gasteiger partial charge in [-0.15, -0.1) is 0 Å². The molecular formula is C28H46. The largest absolute Gasteiger partial charge is 0.0625 e. The first-order valence-corrected chi connectivity index (χ1v) is 11.8. The summed E-state index contributed by atoms with van der Waals surface area (Å²) in [7, 11) is 0. The van der Waals surface area contributed by atoms with Crippen molar-refractivity contribution in [1.29, 1.82) is 0 Å². The molecule has 3 rings (SSSR count). The molecule has 0 aromatic heterocycles. The van der Waals surface area contributed by atoms with Crippen molar-refractivity contribution >= 4 is 0 Å². The average molecular weight is 383 g/mol. The fourth-order valence-corrected chi connectivity index (χ4v) is 5.97. The van der Waals surface area contributed by atoms with Crippen molar-refractivity contribution in [2.75, 3.05) is 0 Å². The molecule has 2 saturated carbocycles. The van der Waals surface area contributed by atoms with E-state index in [1.54, 1.807) is 5.56 Å². The summed E-state index contributed by atoms with van der Waals surface area (Å²) in [6.45, 7) is 24.1. The van der Waals surface area contributed by atoms with Gasteiger partial charge in [-0.25, -0.2) is 0 Å². The summed E-state index contributed by atoms with van der Waals surface area (Å²) < 4.78 is 0. The standard InChI is InChI=1S/C28H46/c1-18-11-19-13-23(28(8,9)10)17-25(24(19)12-18)20-14-21(26(2,3)4)16-22(15-20)27(5,6)7/h14-16,18-19,23-25H,11-13,17H2,1-10H3. The third-order valence-corrected chi connectivity index (χ3v) is 7.97. The zero-order valence-corrected chi connectivity index (χ0v) is 20.4. The van der Waals surface area contributed by atoms with E-state index in [1.807, 2.05) is 0 Å². The Morgan fingerprint density at radius 3 is 1.68 bits per heavy atom. The minimum absolute atomic E-state index is 0.205. The number of hydrogen-bond acceptors (Lipinski definition) is 0. The van der Waals surface area contributed by atoms with E-state index in [4.69, 9.17) is 0 Å². The molecule has 0 nitrogen and oxygen atoms in total. The number of rotatable bonds is 1. The van der Waals surface area contributed by atoms with Gasteiger partial charge in [-0.2, -0.15) is 0 Å². The monoisotopic (exact) mass is 382 g/mol. The Labute approximate surface area is 175 Å². The van der Waals surface area contributed by atoms with Gasteiger partial charge in [0.25, 0.3) is 0 Å². The Hall–Kier alpha value is -0.780. The molecule has 0 amide bonds. The molecule has 0 heterocycles. The summed E-state index contributed by atoms with van der Waals surface area (Å²) in [6, 6.07) is 7.66. The maximum Gasteiger partial charge on any atom is -0.0128 e. The van der Waals surface area contributed by atoms with Crippen molar-refractivity contribution in [3.63, 3.8) is 0 Å². The van der Waals surface area contributed by atoms with Crippen LogP contribution in [-0.2, 0) is 10.8 Å².